The molecule has 0 heterocycles. The number of hydrogen-bond donors (Lipinski definition) is 0. The number of rotatable bonds is 3. The van der Waals surface area contributed by atoms with Gasteiger partial charge in [0.05, 0.1) is 12.6 Å². The van der Waals surface area contributed by atoms with Crippen molar-refractivity contribution in [3.63, 3.8) is 0 Å². The molecule has 9 heavy (non-hydrogen) atoms. The molecule has 0 aromatic rings. The molecule has 0 aliphatic heterocycles. The molecule has 50 valence electrons. The molecule has 0 saturated carbocycles. The fourth-order valence-corrected chi connectivity index (χ4v) is 0.435. The molecule has 0 atom stereocenters. The van der Waals surface area contributed by atoms with E-state index in [1.807, 2.05) is 0 Å². The van der Waals surface area contributed by atoms with Crippen molar-refractivity contribution in [1.82, 2.24) is 0 Å². The molecule has 0 aliphatic carbocycles. The Morgan fingerprint density at radius 3 is 2.44 bits per heavy atom. The summed E-state index contributed by atoms with van der Waals surface area (Å²) < 4.78 is 0. The van der Waals surface area contributed by atoms with E-state index in [4.69, 9.17) is 0 Å². The number of carbonyl (C=O) groups excluding carboxylic acids is 2. The van der Waals surface area contributed by atoms with Crippen LogP contribution in [-0.4, -0.2) is 24.8 Å². The maximum atomic E-state index is 10.5. The van der Waals surface area contributed by atoms with Crippen LogP contribution >= 0.6 is 0 Å². The van der Waals surface area contributed by atoms with Crippen molar-refractivity contribution < 1.29 is 9.59 Å². The molecule has 0 unspecified atom stereocenters. The highest BCUT2D eigenvalue weighted by Gasteiger charge is 1.99. The summed E-state index contributed by atoms with van der Waals surface area (Å²) in [6.45, 7) is 1.38. The van der Waals surface area contributed by atoms with E-state index in [1.165, 1.54) is 14.0 Å². The summed E-state index contributed by atoms with van der Waals surface area (Å²) in [4.78, 5) is 24.2. The Morgan fingerprint density at radius 2 is 2.11 bits per heavy atom. The molecule has 0 N–H and O–H groups in total. The first-order valence-corrected chi connectivity index (χ1v) is 2.61. The van der Waals surface area contributed by atoms with Gasteiger partial charge in [-0.05, 0) is 6.92 Å². The van der Waals surface area contributed by atoms with Gasteiger partial charge in [-0.15, -0.1) is 0 Å². The van der Waals surface area contributed by atoms with Crippen molar-refractivity contribution in [2.45, 2.75) is 13.3 Å². The lowest BCUT2D eigenvalue weighted by atomic mass is 10.2. The number of nitrogens with zero attached hydrogens (tertiary/aromatic N) is 1. The molecule has 0 spiro atoms. The lowest BCUT2D eigenvalue weighted by molar-refractivity contribution is -0.122. The fourth-order valence-electron chi connectivity index (χ4n) is 0.435. The Morgan fingerprint density at radius 1 is 1.56 bits per heavy atom. The van der Waals surface area contributed by atoms with E-state index in [1.54, 1.807) is 0 Å². The number of aliphatic imine (C=N–C) groups is 1. The third-order valence-electron chi connectivity index (χ3n) is 0.696. The van der Waals surface area contributed by atoms with Crippen molar-refractivity contribution in [2.24, 2.45) is 4.99 Å². The minimum Gasteiger partial charge on any atom is -0.300 e. The van der Waals surface area contributed by atoms with Gasteiger partial charge in [0.15, 0.2) is 5.78 Å². The Hall–Kier alpha value is -0.990. The molecule has 0 bridgehead atoms. The van der Waals surface area contributed by atoms with Gasteiger partial charge in [-0.1, -0.05) is 0 Å². The van der Waals surface area contributed by atoms with Crippen molar-refractivity contribution >= 4 is 17.8 Å². The summed E-state index contributed by atoms with van der Waals surface area (Å²) in [6.07, 6.45) is 1.12. The SMILES string of the molecule is CN=CC(=O)CC(C)=O. The van der Waals surface area contributed by atoms with Crippen LogP contribution in [0, 0.1) is 0 Å². The van der Waals surface area contributed by atoms with Crippen LogP contribution in [-0.2, 0) is 9.59 Å². The van der Waals surface area contributed by atoms with Gasteiger partial charge in [0, 0.05) is 7.05 Å². The largest absolute Gasteiger partial charge is 0.300 e. The number of ketones is 2. The summed E-state index contributed by atoms with van der Waals surface area (Å²) in [5.74, 6) is -0.357. The van der Waals surface area contributed by atoms with Gasteiger partial charge in [-0.3, -0.25) is 14.6 Å². The Balaban J connectivity index is 3.64. The van der Waals surface area contributed by atoms with Gasteiger partial charge in [0.25, 0.3) is 0 Å². The molecule has 0 fully saturated rings. The minimum absolute atomic E-state index is 0.0304. The third kappa shape index (κ3) is 4.87. The maximum Gasteiger partial charge on any atom is 0.180 e. The zero-order valence-electron chi connectivity index (χ0n) is 5.55. The van der Waals surface area contributed by atoms with Crippen molar-refractivity contribution in [2.75, 3.05) is 7.05 Å². The molecular formula is C6H9NO2. The zero-order chi connectivity index (χ0) is 7.28. The van der Waals surface area contributed by atoms with E-state index in [-0.39, 0.29) is 18.0 Å². The molecule has 0 aromatic carbocycles. The standard InChI is InChI=1S/C6H9NO2/c1-5(8)3-6(9)4-7-2/h4H,3H2,1-2H3. The first-order valence-electron chi connectivity index (χ1n) is 2.61. The highest BCUT2D eigenvalue weighted by Crippen LogP contribution is 1.80. The molecule has 0 radical (unpaired) electrons. The van der Waals surface area contributed by atoms with Crippen LogP contribution < -0.4 is 0 Å². The highest BCUT2D eigenvalue weighted by atomic mass is 16.1. The summed E-state index contributed by atoms with van der Waals surface area (Å²) in [7, 11) is 1.50. The van der Waals surface area contributed by atoms with E-state index in [0.717, 1.165) is 6.21 Å². The van der Waals surface area contributed by atoms with Gasteiger partial charge in [-0.25, -0.2) is 0 Å². The number of Topliss-reactive ketones (excluding diaryl/α,β-unsaturated/α-hetero) is 2. The molecule has 3 heteroatoms. The summed E-state index contributed by atoms with van der Waals surface area (Å²) >= 11 is 0. The Bertz CT molecular complexity index is 149. The smallest absolute Gasteiger partial charge is 0.180 e. The normalized spacial score (nSPS) is 10.0. The predicted molar refractivity (Wildman–Crippen MR) is 34.7 cm³/mol. The quantitative estimate of drug-likeness (QED) is 0.402. The predicted octanol–water partition coefficient (Wildman–Crippen LogP) is 0.235. The topological polar surface area (TPSA) is 46.5 Å². The fraction of sp³-hybridized carbons (Fsp3) is 0.500. The molecule has 0 rings (SSSR count). The molecule has 0 aromatic heterocycles. The first-order chi connectivity index (χ1) is 4.16. The number of hydrogen-bond acceptors (Lipinski definition) is 3. The Labute approximate surface area is 53.8 Å². The lowest BCUT2D eigenvalue weighted by Crippen LogP contribution is -2.04. The number of carbonyl (C=O) groups is 2. The van der Waals surface area contributed by atoms with Crippen molar-refractivity contribution in [1.29, 1.82) is 0 Å². The molecule has 0 aliphatic rings. The van der Waals surface area contributed by atoms with Crippen LogP contribution in [0.3, 0.4) is 0 Å². The van der Waals surface area contributed by atoms with Gasteiger partial charge in [0.2, 0.25) is 0 Å². The van der Waals surface area contributed by atoms with Crippen LogP contribution in [0.2, 0.25) is 0 Å². The zero-order valence-corrected chi connectivity index (χ0v) is 5.55. The van der Waals surface area contributed by atoms with Crippen molar-refractivity contribution in [3.8, 4) is 0 Å². The second-order valence-electron chi connectivity index (χ2n) is 1.73. The molecule has 0 amide bonds. The van der Waals surface area contributed by atoms with Crippen LogP contribution in [0.25, 0.3) is 0 Å². The summed E-state index contributed by atoms with van der Waals surface area (Å²) in [6, 6.07) is 0. The van der Waals surface area contributed by atoms with Gasteiger partial charge >= 0.3 is 0 Å². The second kappa shape index (κ2) is 3.95. The van der Waals surface area contributed by atoms with E-state index >= 15 is 0 Å². The van der Waals surface area contributed by atoms with E-state index in [9.17, 15) is 9.59 Å². The van der Waals surface area contributed by atoms with Gasteiger partial charge in [-0.2, -0.15) is 0 Å². The summed E-state index contributed by atoms with van der Waals surface area (Å²) in [5, 5.41) is 0. The first kappa shape index (κ1) is 8.01. The average Bonchev–Trinajstić information content (AvgIpc) is 1.63. The van der Waals surface area contributed by atoms with Crippen LogP contribution in [0.1, 0.15) is 13.3 Å². The van der Waals surface area contributed by atoms with Crippen molar-refractivity contribution in [3.05, 3.63) is 0 Å². The van der Waals surface area contributed by atoms with E-state index in [0.29, 0.717) is 0 Å². The van der Waals surface area contributed by atoms with Gasteiger partial charge < -0.3 is 0 Å². The van der Waals surface area contributed by atoms with E-state index < -0.39 is 0 Å². The van der Waals surface area contributed by atoms with Crippen LogP contribution in [0.15, 0.2) is 4.99 Å². The molecular weight excluding hydrogens is 118 g/mol. The molecule has 0 saturated heterocycles. The maximum absolute atomic E-state index is 10.5. The van der Waals surface area contributed by atoms with Gasteiger partial charge in [0.1, 0.15) is 5.78 Å². The van der Waals surface area contributed by atoms with Crippen LogP contribution in [0.4, 0.5) is 0 Å². The van der Waals surface area contributed by atoms with Crippen LogP contribution in [0.5, 0.6) is 0 Å². The molecule has 3 nitrogen and oxygen atoms in total. The second-order valence-corrected chi connectivity index (χ2v) is 1.73. The lowest BCUT2D eigenvalue weighted by Gasteiger charge is -1.84. The summed E-state index contributed by atoms with van der Waals surface area (Å²) in [5.41, 5.74) is 0. The highest BCUT2D eigenvalue weighted by molar-refractivity contribution is 6.31. The van der Waals surface area contributed by atoms with E-state index in [2.05, 4.69) is 4.99 Å². The monoisotopic (exact) mass is 127 g/mol. The third-order valence-corrected chi connectivity index (χ3v) is 0.696. The Kier molecular flexibility index (Phi) is 3.51. The average molecular weight is 127 g/mol. The minimum atomic E-state index is -0.231.